The number of carbonyl (C=O) groups excluding carboxylic acids is 2. The van der Waals surface area contributed by atoms with Crippen molar-refractivity contribution in [1.29, 1.82) is 0 Å². The zero-order valence-corrected chi connectivity index (χ0v) is 21.0. The van der Waals surface area contributed by atoms with Crippen molar-refractivity contribution in [1.82, 2.24) is 15.1 Å². The number of allylic oxidation sites excluding steroid dienone is 1. The Morgan fingerprint density at radius 3 is 2.68 bits per heavy atom. The average molecular weight is 505 g/mol. The topological polar surface area (TPSA) is 83.5 Å². The molecule has 1 aromatic carbocycles. The fourth-order valence-corrected chi connectivity index (χ4v) is 5.34. The lowest BCUT2D eigenvalue weighted by Gasteiger charge is -2.36. The molecule has 1 amide bonds. The Morgan fingerprint density at radius 1 is 1.26 bits per heavy atom. The molecule has 34 heavy (non-hydrogen) atoms. The van der Waals surface area contributed by atoms with Crippen molar-refractivity contribution in [2.45, 2.75) is 25.8 Å². The standard InChI is InChI=1S/C24H29ClN4O4S/c1-3-19-21(23(31)32-2)22(16-4-6-17(25)7-5-16)29-18(15-34-24(29)27-19)14-20(30)26-8-9-28-10-12-33-13-11-28/h4-7,15,22H,3,8-14H2,1-2H3,(H,26,30)/t22-/m0/s1. The van der Waals surface area contributed by atoms with Crippen molar-refractivity contribution in [3.8, 4) is 0 Å². The van der Waals surface area contributed by atoms with Crippen LogP contribution in [0.25, 0.3) is 0 Å². The van der Waals surface area contributed by atoms with Crippen LogP contribution in [0.5, 0.6) is 0 Å². The van der Waals surface area contributed by atoms with Crippen molar-refractivity contribution < 1.29 is 19.1 Å². The molecule has 0 spiro atoms. The molecule has 1 atom stereocenters. The first-order valence-corrected chi connectivity index (χ1v) is 12.6. The van der Waals surface area contributed by atoms with E-state index in [-0.39, 0.29) is 12.3 Å². The van der Waals surface area contributed by atoms with E-state index in [1.54, 1.807) is 12.1 Å². The van der Waals surface area contributed by atoms with Gasteiger partial charge in [0.1, 0.15) is 0 Å². The van der Waals surface area contributed by atoms with Crippen molar-refractivity contribution in [3.63, 3.8) is 0 Å². The molecule has 0 aliphatic carbocycles. The number of carbonyl (C=O) groups is 2. The van der Waals surface area contributed by atoms with E-state index in [2.05, 4.69) is 10.2 Å². The number of benzene rings is 1. The zero-order chi connectivity index (χ0) is 24.1. The fourth-order valence-electron chi connectivity index (χ4n) is 4.28. The number of ether oxygens (including phenoxy) is 2. The van der Waals surface area contributed by atoms with E-state index in [0.29, 0.717) is 29.3 Å². The second-order valence-corrected chi connectivity index (χ2v) is 9.40. The number of fused-ring (bicyclic) bond motifs is 1. The van der Waals surface area contributed by atoms with Gasteiger partial charge in [-0.1, -0.05) is 42.4 Å². The van der Waals surface area contributed by atoms with E-state index in [9.17, 15) is 9.59 Å². The van der Waals surface area contributed by atoms with Crippen LogP contribution in [0, 0.1) is 0 Å². The summed E-state index contributed by atoms with van der Waals surface area (Å²) in [6, 6.07) is 6.95. The van der Waals surface area contributed by atoms with Gasteiger partial charge in [0.05, 0.1) is 44.1 Å². The number of esters is 1. The summed E-state index contributed by atoms with van der Waals surface area (Å²) >= 11 is 7.59. The number of morpholine rings is 1. The molecular weight excluding hydrogens is 476 g/mol. The Balaban J connectivity index is 1.53. The van der Waals surface area contributed by atoms with Gasteiger partial charge in [-0.3, -0.25) is 9.69 Å². The third-order valence-corrected chi connectivity index (χ3v) is 7.15. The summed E-state index contributed by atoms with van der Waals surface area (Å²) in [6.07, 6.45) is 0.777. The first-order valence-electron chi connectivity index (χ1n) is 11.4. The molecule has 0 unspecified atom stereocenters. The van der Waals surface area contributed by atoms with Gasteiger partial charge in [0, 0.05) is 36.9 Å². The largest absolute Gasteiger partial charge is 0.466 e. The van der Waals surface area contributed by atoms with Crippen LogP contribution in [0.15, 0.2) is 51.6 Å². The number of hydrogen-bond donors (Lipinski definition) is 1. The zero-order valence-electron chi connectivity index (χ0n) is 19.4. The highest BCUT2D eigenvalue weighted by atomic mass is 35.5. The molecule has 0 aromatic heterocycles. The number of methoxy groups -OCH3 is 1. The summed E-state index contributed by atoms with van der Waals surface area (Å²) in [6.45, 7) is 6.57. The number of rotatable bonds is 8. The maximum absolute atomic E-state index is 12.9. The van der Waals surface area contributed by atoms with Crippen LogP contribution in [0.4, 0.5) is 0 Å². The molecule has 3 aliphatic heterocycles. The number of nitrogens with one attached hydrogen (secondary N) is 1. The van der Waals surface area contributed by atoms with Gasteiger partial charge in [-0.2, -0.15) is 0 Å². The molecule has 0 bridgehead atoms. The van der Waals surface area contributed by atoms with Gasteiger partial charge in [0.25, 0.3) is 0 Å². The maximum Gasteiger partial charge on any atom is 0.338 e. The van der Waals surface area contributed by atoms with E-state index in [0.717, 1.165) is 49.3 Å². The van der Waals surface area contributed by atoms with Gasteiger partial charge in [-0.15, -0.1) is 0 Å². The van der Waals surface area contributed by atoms with Crippen LogP contribution in [-0.2, 0) is 19.1 Å². The highest BCUT2D eigenvalue weighted by Crippen LogP contribution is 2.45. The average Bonchev–Trinajstić information content (AvgIpc) is 3.25. The van der Waals surface area contributed by atoms with Gasteiger partial charge in [0.15, 0.2) is 5.17 Å². The molecule has 1 saturated heterocycles. The number of thioether (sulfide) groups is 1. The SMILES string of the molecule is CCC1=C(C(=O)OC)[C@H](c2ccc(Cl)cc2)N2C(CC(=O)NCCN3CCOCC3)=CSC2=N1. The van der Waals surface area contributed by atoms with Crippen molar-refractivity contribution in [2.24, 2.45) is 4.99 Å². The summed E-state index contributed by atoms with van der Waals surface area (Å²) < 4.78 is 10.5. The van der Waals surface area contributed by atoms with Gasteiger partial charge in [-0.25, -0.2) is 9.79 Å². The first-order chi connectivity index (χ1) is 16.5. The second kappa shape index (κ2) is 11.4. The number of amides is 1. The summed E-state index contributed by atoms with van der Waals surface area (Å²) in [5.41, 5.74) is 2.85. The Labute approximate surface area is 209 Å². The third-order valence-electron chi connectivity index (χ3n) is 6.01. The lowest BCUT2D eigenvalue weighted by molar-refractivity contribution is -0.136. The molecule has 8 nitrogen and oxygen atoms in total. The quantitative estimate of drug-likeness (QED) is 0.544. The predicted octanol–water partition coefficient (Wildman–Crippen LogP) is 3.32. The van der Waals surface area contributed by atoms with Gasteiger partial charge in [-0.05, 0) is 29.5 Å². The van der Waals surface area contributed by atoms with Crippen LogP contribution in [-0.4, -0.2) is 73.3 Å². The van der Waals surface area contributed by atoms with Crippen molar-refractivity contribution >= 4 is 40.4 Å². The first kappa shape index (κ1) is 24.8. The monoisotopic (exact) mass is 504 g/mol. The molecule has 1 fully saturated rings. The van der Waals surface area contributed by atoms with E-state index in [1.807, 2.05) is 29.4 Å². The van der Waals surface area contributed by atoms with Crippen molar-refractivity contribution in [2.75, 3.05) is 46.5 Å². The Morgan fingerprint density at radius 2 is 2.00 bits per heavy atom. The minimum Gasteiger partial charge on any atom is -0.466 e. The van der Waals surface area contributed by atoms with Crippen LogP contribution in [0.1, 0.15) is 31.4 Å². The normalized spacial score (nSPS) is 20.6. The number of amidine groups is 1. The number of nitrogens with zero attached hydrogens (tertiary/aromatic N) is 3. The van der Waals surface area contributed by atoms with Gasteiger partial charge in [0.2, 0.25) is 5.91 Å². The van der Waals surface area contributed by atoms with Crippen molar-refractivity contribution in [3.05, 3.63) is 57.2 Å². The second-order valence-electron chi connectivity index (χ2n) is 8.13. The fraction of sp³-hybridized carbons (Fsp3) is 0.458. The molecule has 3 aliphatic rings. The Kier molecular flexibility index (Phi) is 8.31. The molecule has 1 aromatic rings. The molecule has 182 valence electrons. The number of hydrogen-bond acceptors (Lipinski definition) is 8. The van der Waals surface area contributed by atoms with Crippen LogP contribution >= 0.6 is 23.4 Å². The summed E-state index contributed by atoms with van der Waals surface area (Å²) in [7, 11) is 1.37. The Bertz CT molecular complexity index is 1020. The molecule has 0 saturated carbocycles. The maximum atomic E-state index is 12.9. The smallest absolute Gasteiger partial charge is 0.338 e. The molecular formula is C24H29ClN4O4S. The molecule has 4 rings (SSSR count). The van der Waals surface area contributed by atoms with Gasteiger partial charge >= 0.3 is 5.97 Å². The molecule has 1 N–H and O–H groups in total. The summed E-state index contributed by atoms with van der Waals surface area (Å²) in [5.74, 6) is -0.494. The molecule has 10 heteroatoms. The minimum atomic E-state index is -0.449. The van der Waals surface area contributed by atoms with E-state index >= 15 is 0 Å². The van der Waals surface area contributed by atoms with E-state index in [1.165, 1.54) is 18.9 Å². The Hall–Kier alpha value is -2.33. The molecule has 0 radical (unpaired) electrons. The lowest BCUT2D eigenvalue weighted by Crippen LogP contribution is -2.42. The van der Waals surface area contributed by atoms with Crippen LogP contribution in [0.2, 0.25) is 5.02 Å². The van der Waals surface area contributed by atoms with E-state index < -0.39 is 12.0 Å². The predicted molar refractivity (Wildman–Crippen MR) is 133 cm³/mol. The number of aliphatic imine (C=N–C) groups is 1. The van der Waals surface area contributed by atoms with Gasteiger partial charge < -0.3 is 19.7 Å². The minimum absolute atomic E-state index is 0.0684. The summed E-state index contributed by atoms with van der Waals surface area (Å²) in [4.78, 5) is 34.7. The molecule has 3 heterocycles. The highest BCUT2D eigenvalue weighted by molar-refractivity contribution is 8.16. The number of halogens is 1. The third kappa shape index (κ3) is 5.49. The summed E-state index contributed by atoms with van der Waals surface area (Å²) in [5, 5.41) is 6.32. The van der Waals surface area contributed by atoms with Crippen LogP contribution < -0.4 is 5.32 Å². The van der Waals surface area contributed by atoms with E-state index in [4.69, 9.17) is 26.1 Å². The highest BCUT2D eigenvalue weighted by Gasteiger charge is 2.41. The lowest BCUT2D eigenvalue weighted by atomic mass is 9.93. The van der Waals surface area contributed by atoms with Crippen LogP contribution in [0.3, 0.4) is 0 Å².